The van der Waals surface area contributed by atoms with E-state index in [1.807, 2.05) is 0 Å². The third kappa shape index (κ3) is 2.67. The smallest absolute Gasteiger partial charge is 0.327 e. The van der Waals surface area contributed by atoms with Crippen molar-refractivity contribution in [3.8, 4) is 0 Å². The highest BCUT2D eigenvalue weighted by molar-refractivity contribution is 6.42. The van der Waals surface area contributed by atoms with E-state index in [0.717, 1.165) is 0 Å². The van der Waals surface area contributed by atoms with Gasteiger partial charge in [0.05, 0.1) is 17.2 Å². The zero-order valence-corrected chi connectivity index (χ0v) is 10.8. The number of halogens is 2. The summed E-state index contributed by atoms with van der Waals surface area (Å²) in [6.45, 7) is 0. The van der Waals surface area contributed by atoms with Crippen LogP contribution in [0.25, 0.3) is 0 Å². The van der Waals surface area contributed by atoms with Gasteiger partial charge in [0, 0.05) is 5.56 Å². The number of ether oxygens (including phenoxy) is 1. The average Bonchev–Trinajstić information content (AvgIpc) is 2.24. The van der Waals surface area contributed by atoms with Gasteiger partial charge in [-0.15, -0.1) is 0 Å². The van der Waals surface area contributed by atoms with Gasteiger partial charge in [-0.25, -0.2) is 4.79 Å². The fraction of sp³-hybridized carbons (Fsp3) is 0.364. The van der Waals surface area contributed by atoms with Gasteiger partial charge in [0.1, 0.15) is 6.04 Å². The van der Waals surface area contributed by atoms with Crippen LogP contribution in [0.15, 0.2) is 18.2 Å². The molecule has 0 spiro atoms. The number of esters is 1. The van der Waals surface area contributed by atoms with E-state index in [4.69, 9.17) is 27.9 Å². The zero-order chi connectivity index (χ0) is 12.3. The second-order valence-corrected chi connectivity index (χ2v) is 4.32. The van der Waals surface area contributed by atoms with Gasteiger partial charge in [-0.1, -0.05) is 35.3 Å². The molecule has 1 aromatic carbocycles. The molecular weight excluding hydrogens is 249 g/mol. The van der Waals surface area contributed by atoms with Gasteiger partial charge in [-0.05, 0) is 20.2 Å². The number of carbonyl (C=O) groups excluding carboxylic acids is 1. The minimum absolute atomic E-state index is 0.367. The monoisotopic (exact) mass is 261 g/mol. The van der Waals surface area contributed by atoms with Crippen LogP contribution in [0, 0.1) is 0 Å². The molecule has 5 heteroatoms. The lowest BCUT2D eigenvalue weighted by Crippen LogP contribution is -2.28. The van der Waals surface area contributed by atoms with Gasteiger partial charge >= 0.3 is 5.97 Å². The minimum Gasteiger partial charge on any atom is -0.468 e. The summed E-state index contributed by atoms with van der Waals surface area (Å²) >= 11 is 12.0. The lowest BCUT2D eigenvalue weighted by atomic mass is 10.1. The van der Waals surface area contributed by atoms with E-state index in [-0.39, 0.29) is 5.97 Å². The number of hydrogen-bond acceptors (Lipinski definition) is 3. The maximum atomic E-state index is 11.7. The molecule has 0 radical (unpaired) electrons. The van der Waals surface area contributed by atoms with Crippen molar-refractivity contribution in [2.75, 3.05) is 21.2 Å². The van der Waals surface area contributed by atoms with E-state index in [2.05, 4.69) is 0 Å². The number of hydrogen-bond donors (Lipinski definition) is 0. The highest BCUT2D eigenvalue weighted by atomic mass is 35.5. The Morgan fingerprint density at radius 3 is 2.50 bits per heavy atom. The number of rotatable bonds is 3. The largest absolute Gasteiger partial charge is 0.468 e. The average molecular weight is 262 g/mol. The van der Waals surface area contributed by atoms with E-state index in [1.54, 1.807) is 37.2 Å². The van der Waals surface area contributed by atoms with Gasteiger partial charge in [-0.2, -0.15) is 0 Å². The molecule has 0 aliphatic carbocycles. The van der Waals surface area contributed by atoms with Gasteiger partial charge in [0.25, 0.3) is 0 Å². The highest BCUT2D eigenvalue weighted by Gasteiger charge is 2.26. The van der Waals surface area contributed by atoms with E-state index < -0.39 is 6.04 Å². The molecule has 0 saturated heterocycles. The Morgan fingerprint density at radius 2 is 2.00 bits per heavy atom. The van der Waals surface area contributed by atoms with Crippen LogP contribution in [0.5, 0.6) is 0 Å². The quantitative estimate of drug-likeness (QED) is 0.784. The molecule has 0 fully saturated rings. The molecule has 0 saturated carbocycles. The van der Waals surface area contributed by atoms with Crippen LogP contribution >= 0.6 is 23.2 Å². The second kappa shape index (κ2) is 5.53. The lowest BCUT2D eigenvalue weighted by Gasteiger charge is -2.23. The molecule has 1 atom stereocenters. The van der Waals surface area contributed by atoms with E-state index in [1.165, 1.54) is 7.11 Å². The zero-order valence-electron chi connectivity index (χ0n) is 9.33. The molecule has 0 amide bonds. The van der Waals surface area contributed by atoms with Crippen LogP contribution in [0.2, 0.25) is 10.0 Å². The van der Waals surface area contributed by atoms with Crippen molar-refractivity contribution in [1.82, 2.24) is 4.90 Å². The van der Waals surface area contributed by atoms with Crippen LogP contribution in [-0.2, 0) is 9.53 Å². The van der Waals surface area contributed by atoms with Crippen molar-refractivity contribution in [3.05, 3.63) is 33.8 Å². The molecule has 16 heavy (non-hydrogen) atoms. The van der Waals surface area contributed by atoms with Crippen molar-refractivity contribution in [3.63, 3.8) is 0 Å². The van der Waals surface area contributed by atoms with Gasteiger partial charge < -0.3 is 4.74 Å². The second-order valence-electron chi connectivity index (χ2n) is 3.53. The summed E-state index contributed by atoms with van der Waals surface area (Å²) in [6.07, 6.45) is 0. The lowest BCUT2D eigenvalue weighted by molar-refractivity contribution is -0.146. The van der Waals surface area contributed by atoms with Crippen LogP contribution in [0.3, 0.4) is 0 Å². The summed E-state index contributed by atoms with van der Waals surface area (Å²) in [4.78, 5) is 13.4. The Hall–Kier alpha value is -0.770. The molecule has 1 unspecified atom stereocenters. The van der Waals surface area contributed by atoms with Crippen molar-refractivity contribution >= 4 is 29.2 Å². The van der Waals surface area contributed by atoms with Crippen LogP contribution in [0.1, 0.15) is 11.6 Å². The van der Waals surface area contributed by atoms with Crippen molar-refractivity contribution in [2.24, 2.45) is 0 Å². The molecule has 3 nitrogen and oxygen atoms in total. The molecule has 1 rings (SSSR count). The van der Waals surface area contributed by atoms with Crippen LogP contribution < -0.4 is 0 Å². The Bertz CT molecular complexity index is 394. The number of benzene rings is 1. The summed E-state index contributed by atoms with van der Waals surface area (Å²) in [5.74, 6) is -0.367. The van der Waals surface area contributed by atoms with Crippen molar-refractivity contribution in [1.29, 1.82) is 0 Å². The summed E-state index contributed by atoms with van der Waals surface area (Å²) < 4.78 is 4.74. The number of carbonyl (C=O) groups is 1. The van der Waals surface area contributed by atoms with Crippen LogP contribution in [-0.4, -0.2) is 32.1 Å². The molecule has 0 bridgehead atoms. The summed E-state index contributed by atoms with van der Waals surface area (Å²) in [5, 5.41) is 0.809. The molecule has 1 aromatic rings. The van der Waals surface area contributed by atoms with Crippen molar-refractivity contribution < 1.29 is 9.53 Å². The third-order valence-electron chi connectivity index (χ3n) is 2.22. The predicted octanol–water partition coefficient (Wildman–Crippen LogP) is 2.77. The normalized spacial score (nSPS) is 12.6. The van der Waals surface area contributed by atoms with Gasteiger partial charge in [0.2, 0.25) is 0 Å². The van der Waals surface area contributed by atoms with Crippen molar-refractivity contribution in [2.45, 2.75) is 6.04 Å². The summed E-state index contributed by atoms with van der Waals surface area (Å²) in [5.41, 5.74) is 0.644. The summed E-state index contributed by atoms with van der Waals surface area (Å²) in [6, 6.07) is 4.65. The number of nitrogens with zero attached hydrogens (tertiary/aromatic N) is 1. The first-order chi connectivity index (χ1) is 7.49. The van der Waals surface area contributed by atoms with E-state index >= 15 is 0 Å². The Balaban J connectivity index is 3.21. The van der Waals surface area contributed by atoms with Crippen LogP contribution in [0.4, 0.5) is 0 Å². The SMILES string of the molecule is COC(=O)C(c1cccc(Cl)c1Cl)N(C)C. The van der Waals surface area contributed by atoms with E-state index in [0.29, 0.717) is 15.6 Å². The molecular formula is C11H13Cl2NO2. The van der Waals surface area contributed by atoms with E-state index in [9.17, 15) is 4.79 Å². The first kappa shape index (κ1) is 13.3. The topological polar surface area (TPSA) is 29.5 Å². The fourth-order valence-electron chi connectivity index (χ4n) is 1.46. The molecule has 0 aliphatic heterocycles. The molecule has 0 N–H and O–H groups in total. The number of methoxy groups -OCH3 is 1. The Kier molecular flexibility index (Phi) is 4.59. The third-order valence-corrected chi connectivity index (χ3v) is 3.05. The maximum Gasteiger partial charge on any atom is 0.327 e. The molecule has 0 aliphatic rings. The minimum atomic E-state index is -0.545. The van der Waals surface area contributed by atoms with Gasteiger partial charge in [-0.3, -0.25) is 4.90 Å². The molecule has 88 valence electrons. The first-order valence-corrected chi connectivity index (χ1v) is 5.42. The Morgan fingerprint density at radius 1 is 1.38 bits per heavy atom. The fourth-order valence-corrected chi connectivity index (χ4v) is 1.87. The first-order valence-electron chi connectivity index (χ1n) is 4.67. The molecule has 0 aromatic heterocycles. The van der Waals surface area contributed by atoms with Gasteiger partial charge in [0.15, 0.2) is 0 Å². The predicted molar refractivity (Wildman–Crippen MR) is 64.9 cm³/mol. The number of likely N-dealkylation sites (N-methyl/N-ethyl adjacent to an activating group) is 1. The highest BCUT2D eigenvalue weighted by Crippen LogP contribution is 2.32. The maximum absolute atomic E-state index is 11.7. The Labute approximate surface area is 105 Å². The standard InChI is InChI=1S/C11H13Cl2NO2/c1-14(2)10(11(15)16-3)7-5-4-6-8(12)9(7)13/h4-6,10H,1-3H3. The molecule has 0 heterocycles. The summed E-state index contributed by atoms with van der Waals surface area (Å²) in [7, 11) is 4.90.